The quantitative estimate of drug-likeness (QED) is 0.199. The summed E-state index contributed by atoms with van der Waals surface area (Å²) in [5.41, 5.74) is 6.07. The minimum atomic E-state index is -4.96. The Morgan fingerprint density at radius 2 is 2.13 bits per heavy atom. The van der Waals surface area contributed by atoms with Gasteiger partial charge in [-0.1, -0.05) is 0 Å². The molecule has 3 heterocycles. The van der Waals surface area contributed by atoms with E-state index in [2.05, 4.69) is 20.3 Å². The molecule has 2 aromatic heterocycles. The fourth-order valence-corrected chi connectivity index (χ4v) is 3.81. The van der Waals surface area contributed by atoms with Gasteiger partial charge in [0.25, 0.3) is 5.91 Å². The zero-order valence-electron chi connectivity index (χ0n) is 15.5. The average Bonchev–Trinajstić information content (AvgIpc) is 3.17. The van der Waals surface area contributed by atoms with Crippen molar-refractivity contribution < 1.29 is 38.8 Å². The molecule has 166 valence electrons. The lowest BCUT2D eigenvalue weighted by molar-refractivity contribution is -0.132. The van der Waals surface area contributed by atoms with Gasteiger partial charge in [0.05, 0.1) is 12.9 Å². The Morgan fingerprint density at radius 3 is 2.77 bits per heavy atom. The van der Waals surface area contributed by atoms with E-state index in [-0.39, 0.29) is 28.8 Å². The molecular weight excluding hydrogens is 447 g/mol. The number of rotatable bonds is 7. The first-order valence-corrected chi connectivity index (χ1v) is 10.7. The molecule has 1 aliphatic heterocycles. The second kappa shape index (κ2) is 8.69. The van der Waals surface area contributed by atoms with E-state index < -0.39 is 50.5 Å². The summed E-state index contributed by atoms with van der Waals surface area (Å²) in [6.45, 7) is 1.10. The maximum Gasteiger partial charge on any atom is 0.363 e. The molecule has 0 bridgehead atoms. The van der Waals surface area contributed by atoms with Crippen molar-refractivity contribution in [3.63, 3.8) is 0 Å². The summed E-state index contributed by atoms with van der Waals surface area (Å²) >= 11 is 5.81. The molecule has 0 spiro atoms. The highest BCUT2D eigenvalue weighted by Gasteiger charge is 2.46. The van der Waals surface area contributed by atoms with Crippen LogP contribution in [0.3, 0.4) is 0 Å². The summed E-state index contributed by atoms with van der Waals surface area (Å²) in [5, 5.41) is 22.8. The van der Waals surface area contributed by atoms with Crippen LogP contribution in [0.15, 0.2) is 6.33 Å². The highest BCUT2D eigenvalue weighted by Crippen LogP contribution is 2.42. The topological polar surface area (TPSA) is 215 Å². The van der Waals surface area contributed by atoms with Crippen molar-refractivity contribution >= 4 is 42.1 Å². The number of imidazole rings is 1. The summed E-state index contributed by atoms with van der Waals surface area (Å²) in [6, 6.07) is 0. The minimum absolute atomic E-state index is 0.00286. The Kier molecular flexibility index (Phi) is 6.60. The number of carbonyl (C=O) groups excluding carboxylic acids is 1. The van der Waals surface area contributed by atoms with Gasteiger partial charge in [-0.2, -0.15) is 9.97 Å². The van der Waals surface area contributed by atoms with Crippen molar-refractivity contribution in [3.8, 4) is 0 Å². The van der Waals surface area contributed by atoms with Gasteiger partial charge in [-0.3, -0.25) is 13.9 Å². The molecule has 16 heteroatoms. The van der Waals surface area contributed by atoms with Crippen LogP contribution in [0, 0.1) is 0 Å². The third kappa shape index (κ3) is 4.40. The second-order valence-electron chi connectivity index (χ2n) is 6.42. The van der Waals surface area contributed by atoms with Crippen molar-refractivity contribution in [2.45, 2.75) is 37.3 Å². The number of halogens is 1. The minimum Gasteiger partial charge on any atom is -0.387 e. The number of nitrogens with two attached hydrogens (primary N) is 1. The van der Waals surface area contributed by atoms with Gasteiger partial charge in [0.1, 0.15) is 23.8 Å². The molecule has 0 aromatic carbocycles. The molecule has 0 radical (unpaired) electrons. The fraction of sp³-hybridized carbons (Fsp3) is 0.571. The number of aromatic nitrogens is 4. The Balaban J connectivity index is 1.79. The maximum atomic E-state index is 11.9. The van der Waals surface area contributed by atoms with E-state index in [9.17, 15) is 29.4 Å². The van der Waals surface area contributed by atoms with E-state index in [1.165, 1.54) is 10.9 Å². The third-order valence-electron chi connectivity index (χ3n) is 4.33. The molecule has 14 nitrogen and oxygen atoms in total. The molecule has 1 saturated heterocycles. The molecule has 30 heavy (non-hydrogen) atoms. The number of hydrogen-bond acceptors (Lipinski definition) is 10. The van der Waals surface area contributed by atoms with Crippen LogP contribution < -0.4 is 11.1 Å². The SMILES string of the molecule is CCNC(=O)C(OCC1OC(n2cnc3c(N)nc(Cl)nc32)C(O)C1O)P(=O)(O)O. The smallest absolute Gasteiger partial charge is 0.363 e. The van der Waals surface area contributed by atoms with Crippen LogP contribution in [0.25, 0.3) is 11.2 Å². The van der Waals surface area contributed by atoms with Crippen molar-refractivity contribution in [2.24, 2.45) is 0 Å². The van der Waals surface area contributed by atoms with E-state index in [0.29, 0.717) is 0 Å². The van der Waals surface area contributed by atoms with Crippen molar-refractivity contribution in [2.75, 3.05) is 18.9 Å². The van der Waals surface area contributed by atoms with Crippen LogP contribution in [0.2, 0.25) is 5.28 Å². The summed E-state index contributed by atoms with van der Waals surface area (Å²) in [4.78, 5) is 42.4. The summed E-state index contributed by atoms with van der Waals surface area (Å²) in [5.74, 6) is -3.11. The number of fused-ring (bicyclic) bond motifs is 1. The van der Waals surface area contributed by atoms with Crippen LogP contribution in [-0.4, -0.2) is 82.7 Å². The first-order valence-electron chi connectivity index (χ1n) is 8.66. The number of likely N-dealkylation sites (N-methyl/N-ethyl adjacent to an activating group) is 1. The zero-order chi connectivity index (χ0) is 22.2. The van der Waals surface area contributed by atoms with E-state index in [4.69, 9.17) is 26.8 Å². The summed E-state index contributed by atoms with van der Waals surface area (Å²) in [6.07, 6.45) is -4.15. The van der Waals surface area contributed by atoms with Crippen LogP contribution in [0.4, 0.5) is 5.82 Å². The first-order chi connectivity index (χ1) is 14.0. The first kappa shape index (κ1) is 22.8. The molecular formula is C14H20ClN6O8P. The average molecular weight is 467 g/mol. The lowest BCUT2D eigenvalue weighted by Crippen LogP contribution is -2.40. The Labute approximate surface area is 174 Å². The number of hydrogen-bond donors (Lipinski definition) is 6. The highest BCUT2D eigenvalue weighted by molar-refractivity contribution is 7.53. The van der Waals surface area contributed by atoms with Crippen molar-refractivity contribution in [3.05, 3.63) is 11.6 Å². The summed E-state index contributed by atoms with van der Waals surface area (Å²) in [7, 11) is -4.96. The number of nitrogen functional groups attached to an aromatic ring is 1. The van der Waals surface area contributed by atoms with Crippen LogP contribution in [0.1, 0.15) is 13.2 Å². The molecule has 5 unspecified atom stereocenters. The summed E-state index contributed by atoms with van der Waals surface area (Å²) < 4.78 is 23.5. The molecule has 7 N–H and O–H groups in total. The highest BCUT2D eigenvalue weighted by atomic mass is 35.5. The number of ether oxygens (including phenoxy) is 2. The lowest BCUT2D eigenvalue weighted by atomic mass is 10.1. The number of anilines is 1. The van der Waals surface area contributed by atoms with Crippen molar-refractivity contribution in [1.82, 2.24) is 24.8 Å². The number of nitrogens with zero attached hydrogens (tertiary/aromatic N) is 4. The molecule has 1 amide bonds. The maximum absolute atomic E-state index is 11.9. The molecule has 0 saturated carbocycles. The number of amides is 1. The number of aliphatic hydroxyl groups is 2. The molecule has 3 rings (SSSR count). The second-order valence-corrected chi connectivity index (χ2v) is 8.40. The normalized spacial score (nSPS) is 25.5. The van der Waals surface area contributed by atoms with Crippen molar-refractivity contribution in [1.29, 1.82) is 0 Å². The van der Waals surface area contributed by atoms with E-state index in [0.717, 1.165) is 0 Å². The van der Waals surface area contributed by atoms with Gasteiger partial charge in [0.15, 0.2) is 17.7 Å². The number of carbonyl (C=O) groups is 1. The van der Waals surface area contributed by atoms with Gasteiger partial charge in [-0.15, -0.1) is 0 Å². The number of aliphatic hydroxyl groups excluding tert-OH is 2. The Morgan fingerprint density at radius 1 is 1.43 bits per heavy atom. The molecule has 1 aliphatic rings. The van der Waals surface area contributed by atoms with E-state index >= 15 is 0 Å². The third-order valence-corrected chi connectivity index (χ3v) is 5.50. The lowest BCUT2D eigenvalue weighted by Gasteiger charge is -2.21. The van der Waals surface area contributed by atoms with Crippen LogP contribution in [-0.2, 0) is 18.8 Å². The predicted octanol–water partition coefficient (Wildman–Crippen LogP) is -1.66. The van der Waals surface area contributed by atoms with Gasteiger partial charge in [-0.25, -0.2) is 4.98 Å². The Bertz CT molecular complexity index is 985. The number of nitrogens with one attached hydrogen (secondary N) is 1. The zero-order valence-corrected chi connectivity index (χ0v) is 17.1. The van der Waals surface area contributed by atoms with Gasteiger partial charge in [-0.05, 0) is 18.5 Å². The van der Waals surface area contributed by atoms with Gasteiger partial charge in [0, 0.05) is 6.54 Å². The van der Waals surface area contributed by atoms with Gasteiger partial charge >= 0.3 is 7.60 Å². The van der Waals surface area contributed by atoms with E-state index in [1.54, 1.807) is 6.92 Å². The molecule has 1 fully saturated rings. The molecule has 2 aromatic rings. The van der Waals surface area contributed by atoms with Crippen LogP contribution in [0.5, 0.6) is 0 Å². The fourth-order valence-electron chi connectivity index (χ4n) is 2.97. The van der Waals surface area contributed by atoms with E-state index in [1.807, 2.05) is 0 Å². The standard InChI is InChI=1S/C14H20ClN6O8P/c1-2-17-11(24)13(30(25,26)27)28-3-5-7(22)8(23)12(29-5)21-4-18-6-9(16)19-14(15)20-10(6)21/h4-5,7-8,12-13,22-23H,2-3H2,1H3,(H,17,24)(H2,16,19,20)(H2,25,26,27). The van der Waals surface area contributed by atoms with Crippen LogP contribution >= 0.6 is 19.2 Å². The van der Waals surface area contributed by atoms with Gasteiger partial charge < -0.3 is 40.5 Å². The largest absolute Gasteiger partial charge is 0.387 e. The molecule has 5 atom stereocenters. The van der Waals surface area contributed by atoms with Gasteiger partial charge in [0.2, 0.25) is 11.1 Å². The molecule has 0 aliphatic carbocycles. The Hall–Kier alpha value is -1.90. The predicted molar refractivity (Wildman–Crippen MR) is 101 cm³/mol. The monoisotopic (exact) mass is 466 g/mol.